The number of nitrogen functional groups attached to an aromatic ring is 1. The number of nitrogens with two attached hydrogens (primary N) is 1. The highest BCUT2D eigenvalue weighted by Gasteiger charge is 2.52. The van der Waals surface area contributed by atoms with Crippen LogP contribution in [0.15, 0.2) is 91.1 Å². The number of aliphatic hydroxyl groups excluding tert-OH is 1. The Balaban J connectivity index is 1.58. The fraction of sp³-hybridized carbons (Fsp3) is 0.455. The lowest BCUT2D eigenvalue weighted by Gasteiger charge is -2.40. The van der Waals surface area contributed by atoms with Gasteiger partial charge in [0, 0.05) is 11.6 Å². The summed E-state index contributed by atoms with van der Waals surface area (Å²) < 4.78 is 33.7. The van der Waals surface area contributed by atoms with Crippen molar-refractivity contribution >= 4 is 33.6 Å². The van der Waals surface area contributed by atoms with E-state index in [2.05, 4.69) is 104 Å². The molecule has 0 aliphatic carbocycles. The van der Waals surface area contributed by atoms with E-state index in [4.69, 9.17) is 38.8 Å². The van der Waals surface area contributed by atoms with Gasteiger partial charge < -0.3 is 38.5 Å². The number of methoxy groups -OCH3 is 2. The molecule has 4 atom stereocenters. The Morgan fingerprint density at radius 2 is 1.25 bits per heavy atom. The Morgan fingerprint density at radius 1 is 0.732 bits per heavy atom. The van der Waals surface area contributed by atoms with E-state index in [0.717, 1.165) is 33.6 Å². The van der Waals surface area contributed by atoms with Crippen LogP contribution in [0.25, 0.3) is 11.0 Å². The lowest BCUT2D eigenvalue weighted by Crippen LogP contribution is -2.49. The molecular formula is C44H60N4O6Si2. The molecule has 0 amide bonds. The molecule has 3 N–H and O–H groups in total. The summed E-state index contributed by atoms with van der Waals surface area (Å²) in [5.74, 6) is 1.58. The first-order valence-corrected chi connectivity index (χ1v) is 25.2. The average molecular weight is 797 g/mol. The van der Waals surface area contributed by atoms with E-state index in [1.807, 2.05) is 59.3 Å². The van der Waals surface area contributed by atoms with Crippen molar-refractivity contribution in [3.05, 3.63) is 114 Å². The Morgan fingerprint density at radius 3 is 1.75 bits per heavy atom. The summed E-state index contributed by atoms with van der Waals surface area (Å²) in [4.78, 5) is 10.0. The summed E-state index contributed by atoms with van der Waals surface area (Å²) in [5, 5.41) is 12.8. The number of ether oxygens (including phenoxy) is 3. The highest BCUT2D eigenvalue weighted by molar-refractivity contribution is 6.74. The molecule has 56 heavy (non-hydrogen) atoms. The van der Waals surface area contributed by atoms with Gasteiger partial charge in [-0.3, -0.25) is 0 Å². The highest BCUT2D eigenvalue weighted by atomic mass is 28.4. The second-order valence-electron chi connectivity index (χ2n) is 17.9. The van der Waals surface area contributed by atoms with E-state index < -0.39 is 46.6 Å². The molecular weight excluding hydrogens is 737 g/mol. The van der Waals surface area contributed by atoms with Crippen LogP contribution in [-0.4, -0.2) is 75.4 Å². The fourth-order valence-electron chi connectivity index (χ4n) is 7.05. The molecule has 300 valence electrons. The maximum atomic E-state index is 12.1. The van der Waals surface area contributed by atoms with Crippen LogP contribution >= 0.6 is 0 Å². The third kappa shape index (κ3) is 7.55. The van der Waals surface area contributed by atoms with Gasteiger partial charge >= 0.3 is 0 Å². The Bertz CT molecular complexity index is 2060. The summed E-state index contributed by atoms with van der Waals surface area (Å²) in [6.07, 6.45) is -1.03. The van der Waals surface area contributed by atoms with Crippen LogP contribution in [0.1, 0.15) is 70.2 Å². The average Bonchev–Trinajstić information content (AvgIpc) is 3.70. The minimum atomic E-state index is -2.42. The molecule has 5 aromatic rings. The van der Waals surface area contributed by atoms with E-state index in [0.29, 0.717) is 11.3 Å². The number of anilines is 1. The summed E-state index contributed by atoms with van der Waals surface area (Å²) in [6, 6.07) is 28.5. The predicted octanol–water partition coefficient (Wildman–Crippen LogP) is 9.08. The van der Waals surface area contributed by atoms with E-state index in [9.17, 15) is 5.11 Å². The maximum Gasteiger partial charge on any atom is 0.222 e. The van der Waals surface area contributed by atoms with Crippen molar-refractivity contribution in [2.24, 2.45) is 0 Å². The monoisotopic (exact) mass is 796 g/mol. The number of hydrogen-bond acceptors (Lipinski definition) is 9. The number of aliphatic hydroxyl groups is 1. The Hall–Kier alpha value is -4.05. The number of benzene rings is 3. The molecule has 0 spiro atoms. The van der Waals surface area contributed by atoms with Crippen LogP contribution in [0.2, 0.25) is 36.3 Å². The van der Waals surface area contributed by atoms with Crippen molar-refractivity contribution in [2.75, 3.05) is 26.6 Å². The van der Waals surface area contributed by atoms with Crippen molar-refractivity contribution in [1.29, 1.82) is 0 Å². The van der Waals surface area contributed by atoms with Gasteiger partial charge in [-0.2, -0.15) is 4.98 Å². The van der Waals surface area contributed by atoms with Gasteiger partial charge in [-0.15, -0.1) is 0 Å². The molecule has 0 saturated carbocycles. The summed E-state index contributed by atoms with van der Waals surface area (Å²) >= 11 is 0. The van der Waals surface area contributed by atoms with E-state index in [-0.39, 0.29) is 22.6 Å². The molecule has 1 aliphatic heterocycles. The minimum absolute atomic E-state index is 0.00645. The number of aromatic nitrogens is 3. The minimum Gasteiger partial charge on any atom is -0.497 e. The number of fused-ring (bicyclic) bond motifs is 1. The second kappa shape index (κ2) is 15.4. The molecule has 1 fully saturated rings. The van der Waals surface area contributed by atoms with Crippen LogP contribution < -0.4 is 15.2 Å². The maximum absolute atomic E-state index is 12.1. The third-order valence-corrected chi connectivity index (χ3v) is 21.4. The standard InChI is InChI=1S/C44H60N4O6Si2/c1-42(2,3)55(9,10)52-28-35-36(49)37(54-56(11,12)43(4,5)6)40(53-35)48-27-26-34-38(46-41(45)47-39(34)48)44(29-16-14-13-15-17-29,30-18-22-32(50-7)23-19-30)31-20-24-33(51-8)25-21-31/h13-27,35-37,40,49H,28H2,1-12H3,(H2,45,46,47)/t35-,36-,37-,40-/m1/s1. The summed E-state index contributed by atoms with van der Waals surface area (Å²) in [7, 11) is -1.25. The van der Waals surface area contributed by atoms with Gasteiger partial charge in [0.05, 0.1) is 31.9 Å². The molecule has 1 saturated heterocycles. The highest BCUT2D eigenvalue weighted by Crippen LogP contribution is 2.49. The first-order valence-electron chi connectivity index (χ1n) is 19.4. The first-order chi connectivity index (χ1) is 26.2. The van der Waals surface area contributed by atoms with Gasteiger partial charge in [0.2, 0.25) is 5.95 Å². The Labute approximate surface area is 334 Å². The molecule has 0 unspecified atom stereocenters. The molecule has 12 heteroatoms. The van der Waals surface area contributed by atoms with Crippen molar-refractivity contribution < 1.29 is 28.2 Å². The number of rotatable bonds is 12. The first kappa shape index (κ1) is 41.6. The molecule has 0 bridgehead atoms. The lowest BCUT2D eigenvalue weighted by molar-refractivity contribution is -0.0473. The number of nitrogens with zero attached hydrogens (tertiary/aromatic N) is 3. The quantitative estimate of drug-likeness (QED) is 0.0941. The molecule has 2 aromatic heterocycles. The van der Waals surface area contributed by atoms with Crippen LogP contribution in [0.5, 0.6) is 11.5 Å². The molecule has 3 heterocycles. The molecule has 1 aliphatic rings. The van der Waals surface area contributed by atoms with Gasteiger partial charge in [0.1, 0.15) is 35.5 Å². The molecule has 10 nitrogen and oxygen atoms in total. The van der Waals surface area contributed by atoms with Crippen LogP contribution in [-0.2, 0) is 19.0 Å². The van der Waals surface area contributed by atoms with Gasteiger partial charge in [-0.1, -0.05) is 96.1 Å². The normalized spacial score (nSPS) is 19.7. The topological polar surface area (TPSA) is 123 Å². The summed E-state index contributed by atoms with van der Waals surface area (Å²) in [5.41, 5.74) is 9.95. The smallest absolute Gasteiger partial charge is 0.222 e. The zero-order chi connectivity index (χ0) is 40.8. The van der Waals surface area contributed by atoms with Crippen molar-refractivity contribution in [1.82, 2.24) is 14.5 Å². The van der Waals surface area contributed by atoms with Crippen molar-refractivity contribution in [2.45, 2.75) is 108 Å². The predicted molar refractivity (Wildman–Crippen MR) is 228 cm³/mol. The van der Waals surface area contributed by atoms with E-state index in [1.165, 1.54) is 0 Å². The SMILES string of the molecule is COc1ccc(C(c2ccccc2)(c2ccc(OC)cc2)c2nc(N)nc3c2ccn3[C@@H]2O[C@H](CO[Si](C)(C)C(C)(C)C)[C@@H](O)[C@H]2O[Si](C)(C)C(C)(C)C)cc1. The molecule has 3 aromatic carbocycles. The van der Waals surface area contributed by atoms with Gasteiger partial charge in [0.25, 0.3) is 0 Å². The zero-order valence-electron chi connectivity index (χ0n) is 35.1. The van der Waals surface area contributed by atoms with Gasteiger partial charge in [-0.25, -0.2) is 4.98 Å². The van der Waals surface area contributed by atoms with Gasteiger partial charge in [-0.05, 0) is 83.3 Å². The van der Waals surface area contributed by atoms with Crippen molar-refractivity contribution in [3.8, 4) is 11.5 Å². The van der Waals surface area contributed by atoms with E-state index in [1.54, 1.807) is 14.2 Å². The third-order valence-electron chi connectivity index (χ3n) is 12.4. The largest absolute Gasteiger partial charge is 0.497 e. The van der Waals surface area contributed by atoms with Crippen LogP contribution in [0.3, 0.4) is 0 Å². The van der Waals surface area contributed by atoms with Crippen LogP contribution in [0.4, 0.5) is 5.95 Å². The molecule has 6 rings (SSSR count). The van der Waals surface area contributed by atoms with Crippen molar-refractivity contribution in [3.63, 3.8) is 0 Å². The van der Waals surface area contributed by atoms with Gasteiger partial charge in [0.15, 0.2) is 22.9 Å². The molecule has 0 radical (unpaired) electrons. The van der Waals surface area contributed by atoms with E-state index >= 15 is 0 Å². The summed E-state index contributed by atoms with van der Waals surface area (Å²) in [6.45, 7) is 22.3. The Kier molecular flexibility index (Phi) is 11.4. The number of hydrogen-bond donors (Lipinski definition) is 2. The van der Waals surface area contributed by atoms with Crippen LogP contribution in [0, 0.1) is 0 Å². The second-order valence-corrected chi connectivity index (χ2v) is 27.5. The lowest BCUT2D eigenvalue weighted by atomic mass is 9.66. The fourth-order valence-corrected chi connectivity index (χ4v) is 9.36. The zero-order valence-corrected chi connectivity index (χ0v) is 37.1.